The number of carbonyl (C=O) groups is 1. The topological polar surface area (TPSA) is 35.5 Å². The van der Waals surface area contributed by atoms with Crippen LogP contribution in [-0.4, -0.2) is 20.2 Å². The maximum absolute atomic E-state index is 12.3. The SMILES string of the molecule is COC(=O)c1c(-c2ccc(OC)cc2)ccc2ccccc12. The van der Waals surface area contributed by atoms with Crippen molar-refractivity contribution in [3.63, 3.8) is 0 Å². The molecule has 0 spiro atoms. The standard InChI is InChI=1S/C19H16O3/c1-21-15-10-7-14(8-11-15)17-12-9-13-5-3-4-6-16(13)18(17)19(20)22-2/h3-12H,1-2H3. The van der Waals surface area contributed by atoms with Crippen molar-refractivity contribution >= 4 is 16.7 Å². The average molecular weight is 292 g/mol. The lowest BCUT2D eigenvalue weighted by molar-refractivity contribution is 0.0604. The number of benzene rings is 3. The zero-order chi connectivity index (χ0) is 15.5. The molecule has 0 saturated heterocycles. The summed E-state index contributed by atoms with van der Waals surface area (Å²) in [5.41, 5.74) is 2.39. The van der Waals surface area contributed by atoms with E-state index in [0.717, 1.165) is 27.6 Å². The van der Waals surface area contributed by atoms with Gasteiger partial charge in [0.2, 0.25) is 0 Å². The Hall–Kier alpha value is -2.81. The highest BCUT2D eigenvalue weighted by Gasteiger charge is 2.17. The Morgan fingerprint density at radius 3 is 2.27 bits per heavy atom. The van der Waals surface area contributed by atoms with Crippen LogP contribution in [0.5, 0.6) is 5.75 Å². The van der Waals surface area contributed by atoms with Crippen LogP contribution in [0.4, 0.5) is 0 Å². The van der Waals surface area contributed by atoms with Crippen molar-refractivity contribution in [1.29, 1.82) is 0 Å². The summed E-state index contributed by atoms with van der Waals surface area (Å²) in [5.74, 6) is 0.451. The normalized spacial score (nSPS) is 10.5. The molecule has 22 heavy (non-hydrogen) atoms. The molecule has 0 bridgehead atoms. The van der Waals surface area contributed by atoms with Gasteiger partial charge in [-0.2, -0.15) is 0 Å². The number of methoxy groups -OCH3 is 2. The molecule has 3 rings (SSSR count). The Balaban J connectivity index is 2.25. The molecule has 0 amide bonds. The number of rotatable bonds is 3. The van der Waals surface area contributed by atoms with Gasteiger partial charge in [-0.05, 0) is 34.0 Å². The molecule has 0 heterocycles. The smallest absolute Gasteiger partial charge is 0.339 e. The van der Waals surface area contributed by atoms with Gasteiger partial charge in [-0.15, -0.1) is 0 Å². The van der Waals surface area contributed by atoms with Crippen LogP contribution in [0.15, 0.2) is 60.7 Å². The van der Waals surface area contributed by atoms with Gasteiger partial charge in [0.05, 0.1) is 19.8 Å². The van der Waals surface area contributed by atoms with Crippen LogP contribution in [0, 0.1) is 0 Å². The van der Waals surface area contributed by atoms with Gasteiger partial charge in [-0.1, -0.05) is 48.5 Å². The number of hydrogen-bond donors (Lipinski definition) is 0. The number of fused-ring (bicyclic) bond motifs is 1. The fourth-order valence-electron chi connectivity index (χ4n) is 2.60. The van der Waals surface area contributed by atoms with Crippen molar-refractivity contribution in [3.8, 4) is 16.9 Å². The first kappa shape index (κ1) is 14.1. The second-order valence-corrected chi connectivity index (χ2v) is 4.93. The molecule has 0 unspecified atom stereocenters. The van der Waals surface area contributed by atoms with Gasteiger partial charge in [0.1, 0.15) is 5.75 Å². The van der Waals surface area contributed by atoms with Crippen molar-refractivity contribution in [2.75, 3.05) is 14.2 Å². The molecule has 110 valence electrons. The highest BCUT2D eigenvalue weighted by Crippen LogP contribution is 2.31. The third kappa shape index (κ3) is 2.42. The summed E-state index contributed by atoms with van der Waals surface area (Å²) < 4.78 is 10.2. The molecule has 0 aromatic heterocycles. The largest absolute Gasteiger partial charge is 0.497 e. The van der Waals surface area contributed by atoms with Gasteiger partial charge in [-0.25, -0.2) is 4.79 Å². The van der Waals surface area contributed by atoms with Gasteiger partial charge >= 0.3 is 5.97 Å². The Kier molecular flexibility index (Phi) is 3.79. The fraction of sp³-hybridized carbons (Fsp3) is 0.105. The summed E-state index contributed by atoms with van der Waals surface area (Å²) in [6.07, 6.45) is 0. The van der Waals surface area contributed by atoms with Gasteiger partial charge < -0.3 is 9.47 Å². The van der Waals surface area contributed by atoms with Crippen LogP contribution in [-0.2, 0) is 4.74 Å². The van der Waals surface area contributed by atoms with E-state index in [0.29, 0.717) is 5.56 Å². The molecule has 0 aliphatic carbocycles. The van der Waals surface area contributed by atoms with E-state index in [1.54, 1.807) is 7.11 Å². The van der Waals surface area contributed by atoms with Gasteiger partial charge in [0.25, 0.3) is 0 Å². The van der Waals surface area contributed by atoms with Gasteiger partial charge in [0.15, 0.2) is 0 Å². The van der Waals surface area contributed by atoms with Crippen molar-refractivity contribution in [3.05, 3.63) is 66.2 Å². The summed E-state index contributed by atoms with van der Waals surface area (Å²) in [6.45, 7) is 0. The molecule has 0 aliphatic rings. The van der Waals surface area contributed by atoms with Crippen LogP contribution in [0.2, 0.25) is 0 Å². The van der Waals surface area contributed by atoms with E-state index in [-0.39, 0.29) is 5.97 Å². The molecule has 0 fully saturated rings. The van der Waals surface area contributed by atoms with E-state index in [9.17, 15) is 4.79 Å². The molecule has 0 atom stereocenters. The Bertz CT molecular complexity index is 820. The number of ether oxygens (including phenoxy) is 2. The van der Waals surface area contributed by atoms with Gasteiger partial charge in [-0.3, -0.25) is 0 Å². The highest BCUT2D eigenvalue weighted by atomic mass is 16.5. The molecule has 0 radical (unpaired) electrons. The van der Waals surface area contributed by atoms with E-state index in [1.807, 2.05) is 60.7 Å². The van der Waals surface area contributed by atoms with E-state index < -0.39 is 0 Å². The lowest BCUT2D eigenvalue weighted by Gasteiger charge is -2.12. The Labute approximate surface area is 129 Å². The van der Waals surface area contributed by atoms with Gasteiger partial charge in [0, 0.05) is 0 Å². The first-order valence-electron chi connectivity index (χ1n) is 6.99. The third-order valence-corrected chi connectivity index (χ3v) is 3.72. The van der Waals surface area contributed by atoms with E-state index in [1.165, 1.54) is 7.11 Å². The number of carbonyl (C=O) groups excluding carboxylic acids is 1. The van der Waals surface area contributed by atoms with Crippen LogP contribution < -0.4 is 4.74 Å². The first-order valence-corrected chi connectivity index (χ1v) is 6.99. The molecule has 3 nitrogen and oxygen atoms in total. The molecule has 3 aromatic rings. The molecule has 3 aromatic carbocycles. The molecule has 3 heteroatoms. The van der Waals surface area contributed by atoms with E-state index in [4.69, 9.17) is 9.47 Å². The second kappa shape index (κ2) is 5.90. The predicted molar refractivity (Wildman–Crippen MR) is 87.3 cm³/mol. The molecule has 0 N–H and O–H groups in total. The van der Waals surface area contributed by atoms with Crippen molar-refractivity contribution in [1.82, 2.24) is 0 Å². The number of esters is 1. The van der Waals surface area contributed by atoms with Crippen LogP contribution in [0.1, 0.15) is 10.4 Å². The summed E-state index contributed by atoms with van der Waals surface area (Å²) in [5, 5.41) is 1.91. The molecule has 0 aliphatic heterocycles. The van der Waals surface area contributed by atoms with Crippen molar-refractivity contribution in [2.45, 2.75) is 0 Å². The summed E-state index contributed by atoms with van der Waals surface area (Å²) >= 11 is 0. The minimum atomic E-state index is -0.331. The lowest BCUT2D eigenvalue weighted by Crippen LogP contribution is -2.04. The number of hydrogen-bond acceptors (Lipinski definition) is 3. The summed E-state index contributed by atoms with van der Waals surface area (Å²) in [6, 6.07) is 19.4. The van der Waals surface area contributed by atoms with E-state index >= 15 is 0 Å². The predicted octanol–water partition coefficient (Wildman–Crippen LogP) is 4.30. The second-order valence-electron chi connectivity index (χ2n) is 4.93. The molecule has 0 saturated carbocycles. The quantitative estimate of drug-likeness (QED) is 0.675. The fourth-order valence-corrected chi connectivity index (χ4v) is 2.60. The Morgan fingerprint density at radius 2 is 1.59 bits per heavy atom. The average Bonchev–Trinajstić information content (AvgIpc) is 2.60. The molecular formula is C19H16O3. The highest BCUT2D eigenvalue weighted by molar-refractivity contribution is 6.10. The maximum atomic E-state index is 12.3. The van der Waals surface area contributed by atoms with Crippen LogP contribution in [0.25, 0.3) is 21.9 Å². The van der Waals surface area contributed by atoms with E-state index in [2.05, 4.69) is 0 Å². The maximum Gasteiger partial charge on any atom is 0.339 e. The van der Waals surface area contributed by atoms with Crippen molar-refractivity contribution in [2.24, 2.45) is 0 Å². The first-order chi connectivity index (χ1) is 10.7. The minimum absolute atomic E-state index is 0.331. The van der Waals surface area contributed by atoms with Crippen LogP contribution in [0.3, 0.4) is 0 Å². The summed E-state index contributed by atoms with van der Waals surface area (Å²) in [7, 11) is 3.03. The third-order valence-electron chi connectivity index (χ3n) is 3.72. The zero-order valence-corrected chi connectivity index (χ0v) is 12.5. The lowest BCUT2D eigenvalue weighted by atomic mass is 9.94. The summed E-state index contributed by atoms with van der Waals surface area (Å²) in [4.78, 5) is 12.3. The van der Waals surface area contributed by atoms with Crippen LogP contribution >= 0.6 is 0 Å². The molecular weight excluding hydrogens is 276 g/mol. The Morgan fingerprint density at radius 1 is 0.864 bits per heavy atom. The zero-order valence-electron chi connectivity index (χ0n) is 12.5. The monoisotopic (exact) mass is 292 g/mol. The minimum Gasteiger partial charge on any atom is -0.497 e. The van der Waals surface area contributed by atoms with Crippen molar-refractivity contribution < 1.29 is 14.3 Å².